The molecule has 0 saturated carbocycles. The van der Waals surface area contributed by atoms with E-state index in [0.29, 0.717) is 5.52 Å². The summed E-state index contributed by atoms with van der Waals surface area (Å²) in [5, 5.41) is 16.0. The van der Waals surface area contributed by atoms with Crippen molar-refractivity contribution in [2.45, 2.75) is 0 Å². The number of hydrogen-bond donors (Lipinski definition) is 1. The fourth-order valence-electron chi connectivity index (χ4n) is 6.66. The fraction of sp³-hybridized carbons (Fsp3) is 0. The molecule has 2 aromatic heterocycles. The van der Waals surface area contributed by atoms with Crippen molar-refractivity contribution in [1.82, 2.24) is 14.5 Å². The predicted molar refractivity (Wildman–Crippen MR) is 189 cm³/mol. The van der Waals surface area contributed by atoms with Gasteiger partial charge >= 0.3 is 0 Å². The molecule has 1 N–H and O–H groups in total. The predicted octanol–water partition coefficient (Wildman–Crippen LogP) is 10.6. The number of pyridine rings is 1. The highest BCUT2D eigenvalue weighted by molar-refractivity contribution is 6.09. The Kier molecular flexibility index (Phi) is 5.93. The molecule has 0 aliphatic heterocycles. The van der Waals surface area contributed by atoms with Gasteiger partial charge in [-0.25, -0.2) is 9.97 Å². The molecule has 0 fully saturated rings. The van der Waals surface area contributed by atoms with Crippen LogP contribution in [0.15, 0.2) is 158 Å². The van der Waals surface area contributed by atoms with Crippen LogP contribution >= 0.6 is 0 Å². The Bertz CT molecular complexity index is 2590. The van der Waals surface area contributed by atoms with E-state index >= 15 is 0 Å². The zero-order valence-electron chi connectivity index (χ0n) is 24.8. The van der Waals surface area contributed by atoms with Gasteiger partial charge in [0.2, 0.25) is 0 Å². The van der Waals surface area contributed by atoms with Gasteiger partial charge in [-0.2, -0.15) is 0 Å². The van der Waals surface area contributed by atoms with E-state index in [1.807, 2.05) is 36.4 Å². The van der Waals surface area contributed by atoms with Crippen molar-refractivity contribution in [3.63, 3.8) is 0 Å². The molecule has 0 radical (unpaired) electrons. The van der Waals surface area contributed by atoms with Gasteiger partial charge < -0.3 is 5.11 Å². The Morgan fingerprint density at radius 2 is 1.13 bits per heavy atom. The summed E-state index contributed by atoms with van der Waals surface area (Å²) in [5.41, 5.74) is 9.04. The van der Waals surface area contributed by atoms with Gasteiger partial charge in [0.25, 0.3) is 0 Å². The number of aromatic nitrogens is 3. The molecular formula is C42H27N3O. The van der Waals surface area contributed by atoms with E-state index in [0.717, 1.165) is 66.5 Å². The summed E-state index contributed by atoms with van der Waals surface area (Å²) in [7, 11) is 0. The molecule has 0 spiro atoms. The number of hydrogen-bond acceptors (Lipinski definition) is 3. The molecule has 4 heteroatoms. The molecule has 0 atom stereocenters. The van der Waals surface area contributed by atoms with Gasteiger partial charge in [0, 0.05) is 22.2 Å². The average Bonchev–Trinajstić information content (AvgIpc) is 3.50. The average molecular weight is 590 g/mol. The van der Waals surface area contributed by atoms with Crippen molar-refractivity contribution in [1.29, 1.82) is 0 Å². The number of para-hydroxylation sites is 4. The minimum atomic E-state index is 0.193. The van der Waals surface area contributed by atoms with Crippen LogP contribution in [0.2, 0.25) is 0 Å². The van der Waals surface area contributed by atoms with E-state index in [1.54, 1.807) is 6.07 Å². The first kappa shape index (κ1) is 26.2. The third-order valence-electron chi connectivity index (χ3n) is 8.88. The summed E-state index contributed by atoms with van der Waals surface area (Å²) >= 11 is 0. The van der Waals surface area contributed by atoms with Crippen LogP contribution in [-0.4, -0.2) is 19.6 Å². The molecule has 0 aliphatic rings. The number of fused-ring (bicyclic) bond motifs is 4. The van der Waals surface area contributed by atoms with E-state index in [-0.39, 0.29) is 5.75 Å². The van der Waals surface area contributed by atoms with E-state index < -0.39 is 0 Å². The van der Waals surface area contributed by atoms with E-state index in [9.17, 15) is 5.11 Å². The first-order valence-corrected chi connectivity index (χ1v) is 15.4. The highest BCUT2D eigenvalue weighted by atomic mass is 16.3. The zero-order valence-corrected chi connectivity index (χ0v) is 24.8. The molecule has 46 heavy (non-hydrogen) atoms. The number of imidazole rings is 1. The lowest BCUT2D eigenvalue weighted by molar-refractivity contribution is 0.480. The van der Waals surface area contributed by atoms with Crippen LogP contribution in [0.5, 0.6) is 5.75 Å². The number of benzene rings is 7. The normalized spacial score (nSPS) is 11.6. The molecule has 9 rings (SSSR count). The van der Waals surface area contributed by atoms with Crippen molar-refractivity contribution in [3.8, 4) is 45.2 Å². The second-order valence-electron chi connectivity index (χ2n) is 11.6. The van der Waals surface area contributed by atoms with E-state index in [1.165, 1.54) is 10.9 Å². The summed E-state index contributed by atoms with van der Waals surface area (Å²) in [6, 6.07) is 54.4. The maximum atomic E-state index is 10.4. The molecule has 0 aliphatic carbocycles. The number of nitrogens with zero attached hydrogens (tertiary/aromatic N) is 3. The third-order valence-corrected chi connectivity index (χ3v) is 8.88. The van der Waals surface area contributed by atoms with Gasteiger partial charge in [-0.3, -0.25) is 4.57 Å². The summed E-state index contributed by atoms with van der Waals surface area (Å²) in [5.74, 6) is 1.11. The second-order valence-corrected chi connectivity index (χ2v) is 11.6. The van der Waals surface area contributed by atoms with Crippen molar-refractivity contribution < 1.29 is 5.11 Å². The standard InChI is InChI=1S/C42H27N3O/c46-40-18-8-9-28-23-24-37(43-41(28)40)34-15-7-11-31-25-35-30(26-36(31)34)10-6-14-33(35)27-19-21-29(22-20-27)42-44-38-16-4-5-17-39(38)45(42)32-12-2-1-3-13-32/h1-26,46H. The molecule has 216 valence electrons. The summed E-state index contributed by atoms with van der Waals surface area (Å²) < 4.78 is 2.23. The monoisotopic (exact) mass is 589 g/mol. The maximum absolute atomic E-state index is 10.4. The molecule has 0 amide bonds. The molecule has 0 bridgehead atoms. The van der Waals surface area contributed by atoms with Crippen LogP contribution in [0, 0.1) is 0 Å². The van der Waals surface area contributed by atoms with Gasteiger partial charge in [-0.1, -0.05) is 109 Å². The second kappa shape index (κ2) is 10.4. The summed E-state index contributed by atoms with van der Waals surface area (Å²) in [4.78, 5) is 9.90. The minimum Gasteiger partial charge on any atom is -0.506 e. The Hall–Kier alpha value is -6.26. The number of rotatable bonds is 4. The Balaban J connectivity index is 1.15. The van der Waals surface area contributed by atoms with Crippen molar-refractivity contribution in [2.24, 2.45) is 0 Å². The first-order valence-electron chi connectivity index (χ1n) is 15.4. The molecular weight excluding hydrogens is 562 g/mol. The van der Waals surface area contributed by atoms with Crippen LogP contribution in [0.25, 0.3) is 82.9 Å². The third kappa shape index (κ3) is 4.23. The largest absolute Gasteiger partial charge is 0.506 e. The van der Waals surface area contributed by atoms with Crippen molar-refractivity contribution in [3.05, 3.63) is 158 Å². The molecule has 9 aromatic rings. The topological polar surface area (TPSA) is 50.9 Å². The Labute approximate surface area is 265 Å². The number of phenolic OH excluding ortho intramolecular Hbond substituents is 1. The Morgan fingerprint density at radius 1 is 0.478 bits per heavy atom. The first-order chi connectivity index (χ1) is 22.7. The van der Waals surface area contributed by atoms with Gasteiger partial charge in [0.05, 0.1) is 16.7 Å². The zero-order chi connectivity index (χ0) is 30.6. The molecule has 4 nitrogen and oxygen atoms in total. The van der Waals surface area contributed by atoms with Gasteiger partial charge in [0.1, 0.15) is 17.1 Å². The lowest BCUT2D eigenvalue weighted by atomic mass is 9.93. The van der Waals surface area contributed by atoms with E-state index in [4.69, 9.17) is 9.97 Å². The maximum Gasteiger partial charge on any atom is 0.145 e. The minimum absolute atomic E-state index is 0.193. The van der Waals surface area contributed by atoms with Crippen LogP contribution < -0.4 is 0 Å². The van der Waals surface area contributed by atoms with Crippen LogP contribution in [0.4, 0.5) is 0 Å². The van der Waals surface area contributed by atoms with Crippen molar-refractivity contribution in [2.75, 3.05) is 0 Å². The molecule has 7 aromatic carbocycles. The summed E-state index contributed by atoms with van der Waals surface area (Å²) in [6.07, 6.45) is 0. The van der Waals surface area contributed by atoms with Crippen LogP contribution in [0.1, 0.15) is 0 Å². The van der Waals surface area contributed by atoms with Gasteiger partial charge in [0.15, 0.2) is 0 Å². The van der Waals surface area contributed by atoms with Gasteiger partial charge in [-0.15, -0.1) is 0 Å². The number of aromatic hydroxyl groups is 1. The van der Waals surface area contributed by atoms with Crippen LogP contribution in [0.3, 0.4) is 0 Å². The van der Waals surface area contributed by atoms with E-state index in [2.05, 4.69) is 120 Å². The lowest BCUT2D eigenvalue weighted by Crippen LogP contribution is -1.97. The lowest BCUT2D eigenvalue weighted by Gasteiger charge is -2.13. The van der Waals surface area contributed by atoms with Crippen LogP contribution in [-0.2, 0) is 0 Å². The van der Waals surface area contributed by atoms with Crippen molar-refractivity contribution >= 4 is 43.5 Å². The quantitative estimate of drug-likeness (QED) is 0.208. The molecule has 0 saturated heterocycles. The highest BCUT2D eigenvalue weighted by Gasteiger charge is 2.15. The molecule has 0 unspecified atom stereocenters. The Morgan fingerprint density at radius 3 is 1.93 bits per heavy atom. The smallest absolute Gasteiger partial charge is 0.145 e. The van der Waals surface area contributed by atoms with Gasteiger partial charge in [-0.05, 0) is 81.2 Å². The summed E-state index contributed by atoms with van der Waals surface area (Å²) in [6.45, 7) is 0. The SMILES string of the molecule is Oc1cccc2ccc(-c3cccc4cc5c(-c6ccc(-c7nc8ccccc8n7-c7ccccc7)cc6)cccc5cc34)nc12. The number of phenols is 1. The fourth-order valence-corrected chi connectivity index (χ4v) is 6.66. The molecule has 2 heterocycles. The highest BCUT2D eigenvalue weighted by Crippen LogP contribution is 2.37.